The molecule has 1 amide bonds. The molecule has 0 spiro atoms. The molecule has 4 rings (SSSR count). The molecular formula is C19H20N4O2. The summed E-state index contributed by atoms with van der Waals surface area (Å²) in [6, 6.07) is 11.6. The molecule has 1 aliphatic rings. The third-order valence-corrected chi connectivity index (χ3v) is 4.36. The molecule has 25 heavy (non-hydrogen) atoms. The fourth-order valence-electron chi connectivity index (χ4n) is 3.06. The molecule has 0 atom stereocenters. The van der Waals surface area contributed by atoms with Crippen LogP contribution in [0.4, 0.5) is 11.5 Å². The van der Waals surface area contributed by atoms with Gasteiger partial charge >= 0.3 is 0 Å². The standard InChI is InChI=1S/C19H20N4O2/c1-13-10-15-11-16(3-4-17(15)21-13)22-19(24)14-2-5-18(20-12-14)23-6-8-25-9-7-23/h2-5,10-12,21H,6-9H2,1H3,(H,22,24). The zero-order valence-corrected chi connectivity index (χ0v) is 14.1. The number of nitrogens with zero attached hydrogens (tertiary/aromatic N) is 2. The number of nitrogens with one attached hydrogen (secondary N) is 2. The molecule has 6 heteroatoms. The van der Waals surface area contributed by atoms with Gasteiger partial charge in [0.25, 0.3) is 5.91 Å². The van der Waals surface area contributed by atoms with E-state index >= 15 is 0 Å². The normalized spacial score (nSPS) is 14.7. The first kappa shape index (κ1) is 15.7. The first-order valence-electron chi connectivity index (χ1n) is 8.38. The van der Waals surface area contributed by atoms with Crippen LogP contribution in [0.15, 0.2) is 42.6 Å². The number of pyridine rings is 1. The summed E-state index contributed by atoms with van der Waals surface area (Å²) in [6.07, 6.45) is 1.62. The molecule has 0 aliphatic carbocycles. The number of aromatic nitrogens is 2. The van der Waals surface area contributed by atoms with Crippen molar-refractivity contribution in [1.29, 1.82) is 0 Å². The van der Waals surface area contributed by atoms with Gasteiger partial charge in [-0.3, -0.25) is 4.79 Å². The van der Waals surface area contributed by atoms with Gasteiger partial charge in [0.05, 0.1) is 18.8 Å². The van der Waals surface area contributed by atoms with E-state index in [1.54, 1.807) is 6.20 Å². The molecule has 0 bridgehead atoms. The van der Waals surface area contributed by atoms with Crippen molar-refractivity contribution in [3.63, 3.8) is 0 Å². The third-order valence-electron chi connectivity index (χ3n) is 4.36. The molecule has 0 saturated carbocycles. The maximum absolute atomic E-state index is 12.5. The number of fused-ring (bicyclic) bond motifs is 1. The average molecular weight is 336 g/mol. The van der Waals surface area contributed by atoms with Crippen molar-refractivity contribution in [1.82, 2.24) is 9.97 Å². The largest absolute Gasteiger partial charge is 0.378 e. The number of hydrogen-bond acceptors (Lipinski definition) is 4. The Hall–Kier alpha value is -2.86. The monoisotopic (exact) mass is 336 g/mol. The van der Waals surface area contributed by atoms with Gasteiger partial charge in [-0.05, 0) is 43.3 Å². The van der Waals surface area contributed by atoms with Crippen LogP contribution in [-0.4, -0.2) is 42.2 Å². The van der Waals surface area contributed by atoms with E-state index in [1.807, 2.05) is 37.3 Å². The van der Waals surface area contributed by atoms with Crippen LogP contribution in [0, 0.1) is 6.92 Å². The number of carbonyl (C=O) groups excluding carboxylic acids is 1. The Bertz CT molecular complexity index is 895. The van der Waals surface area contributed by atoms with Crippen molar-refractivity contribution in [3.05, 3.63) is 53.9 Å². The highest BCUT2D eigenvalue weighted by Gasteiger charge is 2.13. The summed E-state index contributed by atoms with van der Waals surface area (Å²) in [5.74, 6) is 0.719. The third kappa shape index (κ3) is 3.34. The van der Waals surface area contributed by atoms with Crippen molar-refractivity contribution in [2.75, 3.05) is 36.5 Å². The van der Waals surface area contributed by atoms with Crippen LogP contribution in [0.2, 0.25) is 0 Å². The van der Waals surface area contributed by atoms with Crippen molar-refractivity contribution in [3.8, 4) is 0 Å². The lowest BCUT2D eigenvalue weighted by atomic mass is 10.2. The number of H-pyrrole nitrogens is 1. The Morgan fingerprint density at radius 3 is 2.80 bits per heavy atom. The number of morpholine rings is 1. The number of anilines is 2. The van der Waals surface area contributed by atoms with E-state index in [-0.39, 0.29) is 5.91 Å². The van der Waals surface area contributed by atoms with Crippen molar-refractivity contribution in [2.45, 2.75) is 6.92 Å². The molecule has 1 aromatic carbocycles. The number of carbonyl (C=O) groups is 1. The van der Waals surface area contributed by atoms with E-state index in [9.17, 15) is 4.79 Å². The first-order valence-corrected chi connectivity index (χ1v) is 8.38. The van der Waals surface area contributed by atoms with Gasteiger partial charge in [-0.25, -0.2) is 4.98 Å². The predicted molar refractivity (Wildman–Crippen MR) is 98.3 cm³/mol. The molecule has 2 N–H and O–H groups in total. The van der Waals surface area contributed by atoms with Crippen LogP contribution in [0.25, 0.3) is 10.9 Å². The summed E-state index contributed by atoms with van der Waals surface area (Å²) >= 11 is 0. The second kappa shape index (κ2) is 6.57. The number of ether oxygens (including phenoxy) is 1. The number of amides is 1. The van der Waals surface area contributed by atoms with Gasteiger partial charge in [0.2, 0.25) is 0 Å². The van der Waals surface area contributed by atoms with Gasteiger partial charge in [0, 0.05) is 41.6 Å². The van der Waals surface area contributed by atoms with Gasteiger partial charge in [-0.1, -0.05) is 0 Å². The van der Waals surface area contributed by atoms with Crippen LogP contribution in [0.5, 0.6) is 0 Å². The zero-order valence-electron chi connectivity index (χ0n) is 14.1. The second-order valence-corrected chi connectivity index (χ2v) is 6.21. The molecule has 1 aliphatic heterocycles. The van der Waals surface area contributed by atoms with Crippen LogP contribution < -0.4 is 10.2 Å². The fourth-order valence-corrected chi connectivity index (χ4v) is 3.06. The smallest absolute Gasteiger partial charge is 0.257 e. The van der Waals surface area contributed by atoms with E-state index in [0.717, 1.165) is 41.2 Å². The van der Waals surface area contributed by atoms with Crippen LogP contribution in [0.3, 0.4) is 0 Å². The molecule has 6 nitrogen and oxygen atoms in total. The maximum atomic E-state index is 12.5. The van der Waals surface area contributed by atoms with E-state index in [0.29, 0.717) is 18.8 Å². The van der Waals surface area contributed by atoms with Crippen molar-refractivity contribution >= 4 is 28.3 Å². The van der Waals surface area contributed by atoms with Crippen LogP contribution in [-0.2, 0) is 4.74 Å². The van der Waals surface area contributed by atoms with E-state index < -0.39 is 0 Å². The minimum Gasteiger partial charge on any atom is -0.378 e. The Labute approximate surface area is 145 Å². The highest BCUT2D eigenvalue weighted by atomic mass is 16.5. The lowest BCUT2D eigenvalue weighted by Gasteiger charge is -2.27. The number of hydrogen-bond donors (Lipinski definition) is 2. The Morgan fingerprint density at radius 2 is 2.04 bits per heavy atom. The van der Waals surface area contributed by atoms with Crippen molar-refractivity contribution in [2.24, 2.45) is 0 Å². The van der Waals surface area contributed by atoms with E-state index in [1.165, 1.54) is 0 Å². The summed E-state index contributed by atoms with van der Waals surface area (Å²) in [5, 5.41) is 4.01. The van der Waals surface area contributed by atoms with Gasteiger partial charge in [-0.2, -0.15) is 0 Å². The van der Waals surface area contributed by atoms with Gasteiger partial charge in [-0.15, -0.1) is 0 Å². The first-order chi connectivity index (χ1) is 12.2. The average Bonchev–Trinajstić information content (AvgIpc) is 3.02. The fraction of sp³-hybridized carbons (Fsp3) is 0.263. The summed E-state index contributed by atoms with van der Waals surface area (Å²) in [4.78, 5) is 22.3. The summed E-state index contributed by atoms with van der Waals surface area (Å²) in [7, 11) is 0. The number of rotatable bonds is 3. The topological polar surface area (TPSA) is 70.2 Å². The molecular weight excluding hydrogens is 316 g/mol. The molecule has 128 valence electrons. The van der Waals surface area contributed by atoms with Crippen LogP contribution in [0.1, 0.15) is 16.1 Å². The summed E-state index contributed by atoms with van der Waals surface area (Å²) in [5.41, 5.74) is 3.48. The molecule has 3 heterocycles. The molecule has 1 fully saturated rings. The lowest BCUT2D eigenvalue weighted by molar-refractivity contribution is 0.102. The number of aryl methyl sites for hydroxylation is 1. The molecule has 0 unspecified atom stereocenters. The van der Waals surface area contributed by atoms with Gasteiger partial charge < -0.3 is 19.9 Å². The Morgan fingerprint density at radius 1 is 1.20 bits per heavy atom. The number of benzene rings is 1. The quantitative estimate of drug-likeness (QED) is 0.771. The second-order valence-electron chi connectivity index (χ2n) is 6.21. The van der Waals surface area contributed by atoms with E-state index in [4.69, 9.17) is 4.74 Å². The van der Waals surface area contributed by atoms with Crippen molar-refractivity contribution < 1.29 is 9.53 Å². The summed E-state index contributed by atoms with van der Waals surface area (Å²) in [6.45, 7) is 5.10. The van der Waals surface area contributed by atoms with Gasteiger partial charge in [0.1, 0.15) is 5.82 Å². The predicted octanol–water partition coefficient (Wildman–Crippen LogP) is 2.96. The van der Waals surface area contributed by atoms with E-state index in [2.05, 4.69) is 26.3 Å². The molecule has 3 aromatic rings. The van der Waals surface area contributed by atoms with Gasteiger partial charge in [0.15, 0.2) is 0 Å². The minimum absolute atomic E-state index is 0.160. The maximum Gasteiger partial charge on any atom is 0.257 e. The molecule has 0 radical (unpaired) electrons. The zero-order chi connectivity index (χ0) is 17.2. The minimum atomic E-state index is -0.160. The molecule has 2 aromatic heterocycles. The SMILES string of the molecule is Cc1cc2cc(NC(=O)c3ccc(N4CCOCC4)nc3)ccc2[nH]1. The highest BCUT2D eigenvalue weighted by Crippen LogP contribution is 2.20. The number of aromatic amines is 1. The molecule has 1 saturated heterocycles. The van der Waals surface area contributed by atoms with Crippen LogP contribution >= 0.6 is 0 Å². The highest BCUT2D eigenvalue weighted by molar-refractivity contribution is 6.05. The lowest BCUT2D eigenvalue weighted by Crippen LogP contribution is -2.36. The summed E-state index contributed by atoms with van der Waals surface area (Å²) < 4.78 is 5.35. The Kier molecular flexibility index (Phi) is 4.11. The Balaban J connectivity index is 1.47.